The molecule has 17 heavy (non-hydrogen) atoms. The summed E-state index contributed by atoms with van der Waals surface area (Å²) < 4.78 is 5.70. The van der Waals surface area contributed by atoms with Crippen LogP contribution in [0.4, 0.5) is 0 Å². The highest BCUT2D eigenvalue weighted by Gasteiger charge is 2.03. The molecular formula is C14H10ClNO. The molecule has 2 rings (SSSR count). The summed E-state index contributed by atoms with van der Waals surface area (Å²) in [6, 6.07) is 14.6. The normalized spacial score (nSPS) is 9.71. The van der Waals surface area contributed by atoms with Crippen molar-refractivity contribution in [2.45, 2.75) is 6.92 Å². The SMILES string of the molecule is Cc1cc(C#N)ccc1Oc1cccc(Cl)c1. The van der Waals surface area contributed by atoms with Crippen molar-refractivity contribution < 1.29 is 4.74 Å². The van der Waals surface area contributed by atoms with Crippen LogP contribution in [0, 0.1) is 18.3 Å². The monoisotopic (exact) mass is 243 g/mol. The van der Waals surface area contributed by atoms with E-state index in [-0.39, 0.29) is 0 Å². The lowest BCUT2D eigenvalue weighted by atomic mass is 10.1. The number of nitriles is 1. The molecule has 0 radical (unpaired) electrons. The first-order valence-electron chi connectivity index (χ1n) is 5.13. The number of hydrogen-bond acceptors (Lipinski definition) is 2. The van der Waals surface area contributed by atoms with E-state index in [1.165, 1.54) is 0 Å². The third kappa shape index (κ3) is 2.77. The number of halogens is 1. The van der Waals surface area contributed by atoms with E-state index in [1.807, 2.05) is 19.1 Å². The summed E-state index contributed by atoms with van der Waals surface area (Å²) in [7, 11) is 0. The quantitative estimate of drug-likeness (QED) is 0.787. The summed E-state index contributed by atoms with van der Waals surface area (Å²) in [6.07, 6.45) is 0. The highest BCUT2D eigenvalue weighted by Crippen LogP contribution is 2.27. The number of rotatable bonds is 2. The highest BCUT2D eigenvalue weighted by molar-refractivity contribution is 6.30. The lowest BCUT2D eigenvalue weighted by Gasteiger charge is -2.08. The van der Waals surface area contributed by atoms with Crippen molar-refractivity contribution in [2.75, 3.05) is 0 Å². The van der Waals surface area contributed by atoms with Crippen LogP contribution in [0.3, 0.4) is 0 Å². The molecule has 0 aliphatic carbocycles. The number of nitrogens with zero attached hydrogens (tertiary/aromatic N) is 1. The first-order valence-corrected chi connectivity index (χ1v) is 5.51. The Kier molecular flexibility index (Phi) is 3.32. The zero-order valence-electron chi connectivity index (χ0n) is 9.27. The summed E-state index contributed by atoms with van der Waals surface area (Å²) in [5.41, 5.74) is 1.55. The standard InChI is InChI=1S/C14H10ClNO/c1-10-7-11(9-16)5-6-14(10)17-13-4-2-3-12(15)8-13/h2-8H,1H3. The molecule has 2 aromatic carbocycles. The van der Waals surface area contributed by atoms with Gasteiger partial charge in [0.25, 0.3) is 0 Å². The van der Waals surface area contributed by atoms with Gasteiger partial charge in [-0.05, 0) is 48.9 Å². The molecule has 0 amide bonds. The predicted octanol–water partition coefficient (Wildman–Crippen LogP) is 4.31. The number of aryl methyl sites for hydroxylation is 1. The van der Waals surface area contributed by atoms with Crippen molar-refractivity contribution in [3.8, 4) is 17.6 Å². The van der Waals surface area contributed by atoms with Crippen molar-refractivity contribution in [1.82, 2.24) is 0 Å². The van der Waals surface area contributed by atoms with Crippen molar-refractivity contribution in [3.05, 3.63) is 58.6 Å². The minimum atomic E-state index is 0.626. The van der Waals surface area contributed by atoms with Crippen LogP contribution in [0.1, 0.15) is 11.1 Å². The van der Waals surface area contributed by atoms with Gasteiger partial charge in [0.05, 0.1) is 11.6 Å². The molecule has 0 aromatic heterocycles. The van der Waals surface area contributed by atoms with Gasteiger partial charge in [0, 0.05) is 5.02 Å². The van der Waals surface area contributed by atoms with E-state index in [1.54, 1.807) is 30.3 Å². The first kappa shape index (κ1) is 11.5. The number of hydrogen-bond donors (Lipinski definition) is 0. The third-order valence-electron chi connectivity index (χ3n) is 2.33. The van der Waals surface area contributed by atoms with E-state index >= 15 is 0 Å². The number of ether oxygens (including phenoxy) is 1. The minimum Gasteiger partial charge on any atom is -0.457 e. The zero-order valence-corrected chi connectivity index (χ0v) is 10.0. The second kappa shape index (κ2) is 4.90. The maximum atomic E-state index is 8.77. The average Bonchev–Trinajstić information content (AvgIpc) is 2.32. The molecule has 0 heterocycles. The van der Waals surface area contributed by atoms with E-state index in [0.29, 0.717) is 16.3 Å². The summed E-state index contributed by atoms with van der Waals surface area (Å²) in [5, 5.41) is 9.40. The number of benzene rings is 2. The van der Waals surface area contributed by atoms with E-state index in [2.05, 4.69) is 6.07 Å². The molecule has 0 fully saturated rings. The molecule has 3 heteroatoms. The first-order chi connectivity index (χ1) is 8.19. The Labute approximate surface area is 105 Å². The molecule has 0 aliphatic rings. The molecule has 0 N–H and O–H groups in total. The molecule has 0 aliphatic heterocycles. The van der Waals surface area contributed by atoms with E-state index in [4.69, 9.17) is 21.6 Å². The smallest absolute Gasteiger partial charge is 0.130 e. The van der Waals surface area contributed by atoms with Crippen LogP contribution >= 0.6 is 11.6 Å². The summed E-state index contributed by atoms with van der Waals surface area (Å²) >= 11 is 5.88. The second-order valence-corrected chi connectivity index (χ2v) is 4.09. The second-order valence-electron chi connectivity index (χ2n) is 3.65. The van der Waals surface area contributed by atoms with Gasteiger partial charge in [0.15, 0.2) is 0 Å². The van der Waals surface area contributed by atoms with Crippen LogP contribution in [0.15, 0.2) is 42.5 Å². The minimum absolute atomic E-state index is 0.626. The molecule has 2 aromatic rings. The molecule has 0 spiro atoms. The fourth-order valence-corrected chi connectivity index (χ4v) is 1.67. The molecule has 0 bridgehead atoms. The molecule has 0 saturated heterocycles. The predicted molar refractivity (Wildman–Crippen MR) is 67.4 cm³/mol. The summed E-state index contributed by atoms with van der Waals surface area (Å²) in [5.74, 6) is 1.41. The Bertz CT molecular complexity index is 587. The topological polar surface area (TPSA) is 33.0 Å². The fourth-order valence-electron chi connectivity index (χ4n) is 1.49. The Morgan fingerprint density at radius 2 is 2.00 bits per heavy atom. The van der Waals surface area contributed by atoms with Gasteiger partial charge in [-0.1, -0.05) is 17.7 Å². The van der Waals surface area contributed by atoms with E-state index in [9.17, 15) is 0 Å². The Morgan fingerprint density at radius 3 is 2.65 bits per heavy atom. The van der Waals surface area contributed by atoms with E-state index in [0.717, 1.165) is 11.3 Å². The zero-order chi connectivity index (χ0) is 12.3. The van der Waals surface area contributed by atoms with Crippen molar-refractivity contribution in [2.24, 2.45) is 0 Å². The molecule has 0 atom stereocenters. The summed E-state index contributed by atoms with van der Waals surface area (Å²) in [6.45, 7) is 1.90. The van der Waals surface area contributed by atoms with Gasteiger partial charge in [-0.15, -0.1) is 0 Å². The summed E-state index contributed by atoms with van der Waals surface area (Å²) in [4.78, 5) is 0. The molecule has 0 saturated carbocycles. The molecular weight excluding hydrogens is 234 g/mol. The van der Waals surface area contributed by atoms with Gasteiger partial charge in [0.2, 0.25) is 0 Å². The van der Waals surface area contributed by atoms with Crippen LogP contribution in [0.2, 0.25) is 5.02 Å². The van der Waals surface area contributed by atoms with Crippen LogP contribution in [0.25, 0.3) is 0 Å². The van der Waals surface area contributed by atoms with Gasteiger partial charge in [-0.3, -0.25) is 0 Å². The average molecular weight is 244 g/mol. The maximum Gasteiger partial charge on any atom is 0.130 e. The fraction of sp³-hybridized carbons (Fsp3) is 0.0714. The third-order valence-corrected chi connectivity index (χ3v) is 2.56. The van der Waals surface area contributed by atoms with Gasteiger partial charge >= 0.3 is 0 Å². The van der Waals surface area contributed by atoms with Crippen LogP contribution in [-0.2, 0) is 0 Å². The van der Waals surface area contributed by atoms with Crippen LogP contribution in [-0.4, -0.2) is 0 Å². The Hall–Kier alpha value is -1.98. The largest absolute Gasteiger partial charge is 0.457 e. The molecule has 0 unspecified atom stereocenters. The van der Waals surface area contributed by atoms with Gasteiger partial charge in [0.1, 0.15) is 11.5 Å². The molecule has 2 nitrogen and oxygen atoms in total. The van der Waals surface area contributed by atoms with Gasteiger partial charge in [-0.25, -0.2) is 0 Å². The Balaban J connectivity index is 2.28. The lowest BCUT2D eigenvalue weighted by molar-refractivity contribution is 0.479. The Morgan fingerprint density at radius 1 is 1.18 bits per heavy atom. The van der Waals surface area contributed by atoms with Crippen LogP contribution in [0.5, 0.6) is 11.5 Å². The van der Waals surface area contributed by atoms with Crippen molar-refractivity contribution >= 4 is 11.6 Å². The van der Waals surface area contributed by atoms with Gasteiger partial charge in [-0.2, -0.15) is 5.26 Å². The molecule has 84 valence electrons. The van der Waals surface area contributed by atoms with Crippen molar-refractivity contribution in [1.29, 1.82) is 5.26 Å². The highest BCUT2D eigenvalue weighted by atomic mass is 35.5. The van der Waals surface area contributed by atoms with Crippen LogP contribution < -0.4 is 4.74 Å². The maximum absolute atomic E-state index is 8.77. The van der Waals surface area contributed by atoms with Gasteiger partial charge < -0.3 is 4.74 Å². The van der Waals surface area contributed by atoms with Crippen molar-refractivity contribution in [3.63, 3.8) is 0 Å². The van der Waals surface area contributed by atoms with E-state index < -0.39 is 0 Å². The lowest BCUT2D eigenvalue weighted by Crippen LogP contribution is -1.88.